The summed E-state index contributed by atoms with van der Waals surface area (Å²) in [6.07, 6.45) is -4.14. The van der Waals surface area contributed by atoms with Gasteiger partial charge in [-0.2, -0.15) is 13.2 Å². The van der Waals surface area contributed by atoms with Gasteiger partial charge in [0, 0.05) is 19.1 Å². The van der Waals surface area contributed by atoms with E-state index >= 15 is 0 Å². The van der Waals surface area contributed by atoms with Gasteiger partial charge >= 0.3 is 12.3 Å². The van der Waals surface area contributed by atoms with Crippen molar-refractivity contribution in [1.29, 1.82) is 0 Å². The van der Waals surface area contributed by atoms with Crippen LogP contribution in [0.2, 0.25) is 0 Å². The van der Waals surface area contributed by atoms with Gasteiger partial charge < -0.3 is 15.0 Å². The first-order chi connectivity index (χ1) is 10.8. The highest BCUT2D eigenvalue weighted by atomic mass is 32.1. The van der Waals surface area contributed by atoms with Crippen LogP contribution in [0.4, 0.5) is 18.0 Å². The zero-order valence-electron chi connectivity index (χ0n) is 12.4. The van der Waals surface area contributed by atoms with Gasteiger partial charge in [-0.3, -0.25) is 4.79 Å². The molecule has 0 atom stereocenters. The predicted molar refractivity (Wildman–Crippen MR) is 76.2 cm³/mol. The van der Waals surface area contributed by atoms with Crippen molar-refractivity contribution in [3.8, 4) is 0 Å². The molecule has 1 fully saturated rings. The second kappa shape index (κ2) is 7.16. The van der Waals surface area contributed by atoms with Crippen LogP contribution >= 0.6 is 11.3 Å². The maximum absolute atomic E-state index is 12.7. The van der Waals surface area contributed by atoms with E-state index in [1.807, 2.05) is 0 Å². The smallest absolute Gasteiger partial charge is 0.434 e. The summed E-state index contributed by atoms with van der Waals surface area (Å²) < 4.78 is 43.1. The van der Waals surface area contributed by atoms with Gasteiger partial charge in [-0.25, -0.2) is 9.78 Å². The summed E-state index contributed by atoms with van der Waals surface area (Å²) in [5.41, 5.74) is -0.162. The van der Waals surface area contributed by atoms with Crippen LogP contribution in [0.5, 0.6) is 0 Å². The lowest BCUT2D eigenvalue weighted by atomic mass is 10.1. The normalized spacial score (nSPS) is 16.3. The second-order valence-corrected chi connectivity index (χ2v) is 5.82. The maximum Gasteiger partial charge on any atom is 0.434 e. The minimum atomic E-state index is -4.65. The molecule has 1 aromatic heterocycles. The fourth-order valence-corrected chi connectivity index (χ4v) is 2.99. The molecule has 0 aliphatic carbocycles. The Morgan fingerprint density at radius 1 is 1.43 bits per heavy atom. The Morgan fingerprint density at radius 3 is 2.65 bits per heavy atom. The highest BCUT2D eigenvalue weighted by molar-refractivity contribution is 7.11. The highest BCUT2D eigenvalue weighted by Gasteiger charge is 2.38. The molecular formula is C13H16F3N3O3S. The molecule has 2 rings (SSSR count). The fourth-order valence-electron chi connectivity index (χ4n) is 2.28. The largest absolute Gasteiger partial charge is 0.450 e. The average molecular weight is 351 g/mol. The number of carbonyl (C=O) groups excluding carboxylic acids is 2. The monoisotopic (exact) mass is 351 g/mol. The van der Waals surface area contributed by atoms with E-state index in [1.54, 1.807) is 6.92 Å². The molecule has 1 aliphatic heterocycles. The first-order valence-electron chi connectivity index (χ1n) is 7.06. The third-order valence-corrected chi connectivity index (χ3v) is 4.22. The highest BCUT2D eigenvalue weighted by Crippen LogP contribution is 2.32. The minimum absolute atomic E-state index is 0.279. The number of ether oxygens (including phenoxy) is 1. The molecule has 0 unspecified atom stereocenters. The number of aromatic nitrogens is 1. The zero-order valence-corrected chi connectivity index (χ0v) is 13.2. The molecule has 0 bridgehead atoms. The Balaban J connectivity index is 1.91. The van der Waals surface area contributed by atoms with Crippen molar-refractivity contribution in [2.45, 2.75) is 32.0 Å². The molecule has 2 amide bonds. The number of alkyl halides is 3. The van der Waals surface area contributed by atoms with Gasteiger partial charge in [-0.15, -0.1) is 11.3 Å². The zero-order chi connectivity index (χ0) is 17.0. The Bertz CT molecular complexity index is 568. The number of nitrogens with zero attached hydrogens (tertiary/aromatic N) is 2. The van der Waals surface area contributed by atoms with Crippen molar-refractivity contribution >= 4 is 23.3 Å². The molecule has 6 nitrogen and oxygen atoms in total. The lowest BCUT2D eigenvalue weighted by Gasteiger charge is -2.31. The van der Waals surface area contributed by atoms with Gasteiger partial charge in [0.1, 0.15) is 4.88 Å². The summed E-state index contributed by atoms with van der Waals surface area (Å²) in [6, 6.07) is -0.281. The summed E-state index contributed by atoms with van der Waals surface area (Å²) in [5, 5.41) is 2.58. The van der Waals surface area contributed by atoms with Crippen molar-refractivity contribution in [2.24, 2.45) is 0 Å². The van der Waals surface area contributed by atoms with Gasteiger partial charge in [-0.1, -0.05) is 0 Å². The van der Waals surface area contributed by atoms with E-state index in [0.29, 0.717) is 37.3 Å². The van der Waals surface area contributed by atoms with Gasteiger partial charge in [-0.05, 0) is 19.8 Å². The number of piperidine rings is 1. The van der Waals surface area contributed by atoms with Crippen molar-refractivity contribution in [3.05, 3.63) is 16.1 Å². The van der Waals surface area contributed by atoms with Crippen LogP contribution in [0, 0.1) is 0 Å². The number of hydrogen-bond acceptors (Lipinski definition) is 5. The number of carbonyl (C=O) groups is 2. The summed E-state index contributed by atoms with van der Waals surface area (Å²) >= 11 is 0.657. The van der Waals surface area contributed by atoms with Crippen molar-refractivity contribution in [2.75, 3.05) is 19.7 Å². The van der Waals surface area contributed by atoms with Crippen molar-refractivity contribution < 1.29 is 27.5 Å². The maximum atomic E-state index is 12.7. The number of thiazole rings is 1. The number of halogens is 3. The molecule has 10 heteroatoms. The average Bonchev–Trinajstić information content (AvgIpc) is 2.98. The molecule has 0 saturated carbocycles. The van der Waals surface area contributed by atoms with Gasteiger partial charge in [0.05, 0.1) is 12.1 Å². The van der Waals surface area contributed by atoms with Crippen LogP contribution in [-0.4, -0.2) is 47.6 Å². The van der Waals surface area contributed by atoms with Gasteiger partial charge in [0.15, 0.2) is 5.69 Å². The summed E-state index contributed by atoms with van der Waals surface area (Å²) in [7, 11) is 0. The molecule has 1 N–H and O–H groups in total. The molecular weight excluding hydrogens is 335 g/mol. The van der Waals surface area contributed by atoms with E-state index < -0.39 is 28.7 Å². The molecule has 1 saturated heterocycles. The molecule has 0 radical (unpaired) electrons. The summed E-state index contributed by atoms with van der Waals surface area (Å²) in [5.74, 6) is -0.783. The topological polar surface area (TPSA) is 71.5 Å². The lowest BCUT2D eigenvalue weighted by Crippen LogP contribution is -2.46. The molecule has 23 heavy (non-hydrogen) atoms. The van der Waals surface area contributed by atoms with Crippen LogP contribution in [0.3, 0.4) is 0 Å². The van der Waals surface area contributed by atoms with E-state index in [1.165, 1.54) is 4.90 Å². The van der Waals surface area contributed by atoms with E-state index in [-0.39, 0.29) is 12.6 Å². The quantitative estimate of drug-likeness (QED) is 0.908. The number of rotatable bonds is 3. The van der Waals surface area contributed by atoms with Gasteiger partial charge in [0.25, 0.3) is 5.91 Å². The molecule has 2 heterocycles. The summed E-state index contributed by atoms with van der Waals surface area (Å²) in [4.78, 5) is 27.9. The number of likely N-dealkylation sites (tertiary alicyclic amines) is 1. The van der Waals surface area contributed by atoms with E-state index in [4.69, 9.17) is 4.74 Å². The first kappa shape index (κ1) is 17.5. The Morgan fingerprint density at radius 2 is 2.09 bits per heavy atom. The molecule has 128 valence electrons. The van der Waals surface area contributed by atoms with Crippen LogP contribution in [-0.2, 0) is 10.9 Å². The number of nitrogens with one attached hydrogen (secondary N) is 1. The third-order valence-electron chi connectivity index (χ3n) is 3.40. The Labute approximate surface area is 134 Å². The SMILES string of the molecule is CCOC(=O)N1CCC(NC(=O)c2scnc2C(F)(F)F)CC1. The van der Waals surface area contributed by atoms with Crippen LogP contribution in [0.1, 0.15) is 35.1 Å². The van der Waals surface area contributed by atoms with E-state index in [9.17, 15) is 22.8 Å². The summed E-state index contributed by atoms with van der Waals surface area (Å²) in [6.45, 7) is 2.76. The first-order valence-corrected chi connectivity index (χ1v) is 7.94. The standard InChI is InChI=1S/C13H16F3N3O3S/c1-2-22-12(21)19-5-3-8(4-6-19)18-11(20)9-10(13(14,15)16)17-7-23-9/h7-8H,2-6H2,1H3,(H,18,20). The van der Waals surface area contributed by atoms with E-state index in [2.05, 4.69) is 10.3 Å². The lowest BCUT2D eigenvalue weighted by molar-refractivity contribution is -0.141. The second-order valence-electron chi connectivity index (χ2n) is 4.96. The fraction of sp³-hybridized carbons (Fsp3) is 0.615. The molecule has 0 spiro atoms. The third kappa shape index (κ3) is 4.34. The molecule has 1 aromatic rings. The Kier molecular flexibility index (Phi) is 5.45. The molecule has 1 aliphatic rings. The van der Waals surface area contributed by atoms with Gasteiger partial charge in [0.2, 0.25) is 0 Å². The van der Waals surface area contributed by atoms with Crippen LogP contribution in [0.15, 0.2) is 5.51 Å². The van der Waals surface area contributed by atoms with E-state index in [0.717, 1.165) is 5.51 Å². The number of hydrogen-bond donors (Lipinski definition) is 1. The molecule has 0 aromatic carbocycles. The predicted octanol–water partition coefficient (Wildman–Crippen LogP) is 2.51. The van der Waals surface area contributed by atoms with Crippen LogP contribution < -0.4 is 5.32 Å². The van der Waals surface area contributed by atoms with Crippen molar-refractivity contribution in [3.63, 3.8) is 0 Å². The van der Waals surface area contributed by atoms with Crippen LogP contribution in [0.25, 0.3) is 0 Å². The number of amides is 2. The Hall–Kier alpha value is -1.84. The van der Waals surface area contributed by atoms with Crippen molar-refractivity contribution in [1.82, 2.24) is 15.2 Å². The minimum Gasteiger partial charge on any atom is -0.450 e.